The Morgan fingerprint density at radius 1 is 1.20 bits per heavy atom. The van der Waals surface area contributed by atoms with Gasteiger partial charge in [-0.05, 0) is 36.6 Å². The van der Waals surface area contributed by atoms with Crippen molar-refractivity contribution >= 4 is 29.3 Å². The van der Waals surface area contributed by atoms with E-state index in [9.17, 15) is 9.59 Å². The maximum Gasteiger partial charge on any atom is 0.234 e. The number of piperidine rings is 1. The summed E-state index contributed by atoms with van der Waals surface area (Å²) in [5.41, 5.74) is 2.94. The van der Waals surface area contributed by atoms with Gasteiger partial charge in [0.1, 0.15) is 5.50 Å². The summed E-state index contributed by atoms with van der Waals surface area (Å²) in [6.07, 6.45) is 0.928. The van der Waals surface area contributed by atoms with Gasteiger partial charge in [0.15, 0.2) is 0 Å². The van der Waals surface area contributed by atoms with E-state index >= 15 is 0 Å². The molecule has 2 aliphatic rings. The number of nitrogens with zero attached hydrogens (tertiary/aromatic N) is 1. The molecule has 2 fully saturated rings. The Labute approximate surface area is 181 Å². The van der Waals surface area contributed by atoms with E-state index in [-0.39, 0.29) is 35.0 Å². The highest BCUT2D eigenvalue weighted by Crippen LogP contribution is 2.25. The summed E-state index contributed by atoms with van der Waals surface area (Å²) >= 11 is 1.42. The topological polar surface area (TPSA) is 73.5 Å². The molecular weight excluding hydrogens is 396 g/mol. The number of hydrogen-bond donors (Lipinski definition) is 3. The van der Waals surface area contributed by atoms with E-state index in [1.165, 1.54) is 17.3 Å². The molecule has 2 aromatic rings. The molecule has 0 aromatic heterocycles. The number of carbonyl (C=O) groups excluding carboxylic acids is 2. The predicted molar refractivity (Wildman–Crippen MR) is 121 cm³/mol. The fraction of sp³-hybridized carbons (Fsp3) is 0.391. The average Bonchev–Trinajstić information content (AvgIpc) is 2.73. The Kier molecular flexibility index (Phi) is 6.72. The van der Waals surface area contributed by atoms with Gasteiger partial charge in [-0.25, -0.2) is 0 Å². The molecule has 2 heterocycles. The predicted octanol–water partition coefficient (Wildman–Crippen LogP) is 2.56. The minimum absolute atomic E-state index is 0.0552. The Hall–Kier alpha value is -2.35. The minimum Gasteiger partial charge on any atom is -0.331 e. The number of anilines is 1. The zero-order chi connectivity index (χ0) is 20.9. The second-order valence-corrected chi connectivity index (χ2v) is 9.10. The largest absolute Gasteiger partial charge is 0.331 e. The molecule has 158 valence electrons. The van der Waals surface area contributed by atoms with Gasteiger partial charge in [-0.1, -0.05) is 42.5 Å². The zero-order valence-electron chi connectivity index (χ0n) is 17.1. The third-order valence-corrected chi connectivity index (χ3v) is 6.62. The molecule has 0 aliphatic carbocycles. The number of aryl methyl sites for hydroxylation is 1. The Bertz CT molecular complexity index is 892. The summed E-state index contributed by atoms with van der Waals surface area (Å²) < 4.78 is 0. The molecule has 4 rings (SSSR count). The van der Waals surface area contributed by atoms with E-state index in [4.69, 9.17) is 0 Å². The number of rotatable bonds is 6. The molecule has 2 saturated heterocycles. The van der Waals surface area contributed by atoms with Crippen LogP contribution in [0, 0.1) is 12.8 Å². The minimum atomic E-state index is -0.234. The van der Waals surface area contributed by atoms with Crippen LogP contribution < -0.4 is 16.0 Å². The van der Waals surface area contributed by atoms with E-state index in [2.05, 4.69) is 33.0 Å². The average molecular weight is 425 g/mol. The van der Waals surface area contributed by atoms with Crippen LogP contribution in [0.1, 0.15) is 17.5 Å². The first-order valence-electron chi connectivity index (χ1n) is 10.4. The number of amides is 2. The smallest absolute Gasteiger partial charge is 0.234 e. The quantitative estimate of drug-likeness (QED) is 0.665. The molecule has 3 N–H and O–H groups in total. The third kappa shape index (κ3) is 5.41. The lowest BCUT2D eigenvalue weighted by Gasteiger charge is -2.43. The first-order valence-corrected chi connectivity index (χ1v) is 11.4. The van der Waals surface area contributed by atoms with Crippen molar-refractivity contribution in [2.45, 2.75) is 31.4 Å². The van der Waals surface area contributed by atoms with Gasteiger partial charge in [-0.3, -0.25) is 19.8 Å². The normalized spacial score (nSPS) is 24.0. The van der Waals surface area contributed by atoms with Gasteiger partial charge in [0.2, 0.25) is 11.8 Å². The number of fused-ring (bicyclic) bond motifs is 1. The zero-order valence-corrected chi connectivity index (χ0v) is 18.0. The van der Waals surface area contributed by atoms with E-state index in [1.807, 2.05) is 49.4 Å². The van der Waals surface area contributed by atoms with Crippen molar-refractivity contribution < 1.29 is 9.59 Å². The highest BCUT2D eigenvalue weighted by molar-refractivity contribution is 8.00. The molecule has 3 unspecified atom stereocenters. The van der Waals surface area contributed by atoms with Crippen molar-refractivity contribution in [3.8, 4) is 0 Å². The number of thioether (sulfide) groups is 1. The Morgan fingerprint density at radius 3 is 2.83 bits per heavy atom. The molecule has 2 aliphatic heterocycles. The maximum atomic E-state index is 12.7. The lowest BCUT2D eigenvalue weighted by molar-refractivity contribution is -0.130. The van der Waals surface area contributed by atoms with Gasteiger partial charge in [-0.15, -0.1) is 11.8 Å². The van der Waals surface area contributed by atoms with Gasteiger partial charge >= 0.3 is 0 Å². The molecule has 3 atom stereocenters. The maximum absolute atomic E-state index is 12.7. The monoisotopic (exact) mass is 424 g/mol. The van der Waals surface area contributed by atoms with Crippen LogP contribution in [0.5, 0.6) is 0 Å². The van der Waals surface area contributed by atoms with Gasteiger partial charge in [0, 0.05) is 31.4 Å². The number of hydrogen-bond acceptors (Lipinski definition) is 5. The summed E-state index contributed by atoms with van der Waals surface area (Å²) in [6.45, 7) is 4.58. The number of benzene rings is 2. The molecule has 2 aromatic carbocycles. The summed E-state index contributed by atoms with van der Waals surface area (Å²) in [4.78, 5) is 27.3. The van der Waals surface area contributed by atoms with Crippen LogP contribution in [0.25, 0.3) is 0 Å². The summed E-state index contributed by atoms with van der Waals surface area (Å²) in [5, 5.41) is 9.47. The molecule has 0 saturated carbocycles. The van der Waals surface area contributed by atoms with Gasteiger partial charge in [0.05, 0.1) is 11.7 Å². The summed E-state index contributed by atoms with van der Waals surface area (Å²) in [5.74, 6) is 0.235. The highest BCUT2D eigenvalue weighted by Gasteiger charge is 2.39. The fourth-order valence-corrected chi connectivity index (χ4v) is 4.97. The van der Waals surface area contributed by atoms with Crippen molar-refractivity contribution in [2.24, 2.45) is 5.92 Å². The molecule has 0 spiro atoms. The van der Waals surface area contributed by atoms with Crippen molar-refractivity contribution in [1.82, 2.24) is 15.5 Å². The number of carbonyl (C=O) groups is 2. The molecule has 7 heteroatoms. The van der Waals surface area contributed by atoms with E-state index < -0.39 is 0 Å². The van der Waals surface area contributed by atoms with E-state index in [1.54, 1.807) is 0 Å². The van der Waals surface area contributed by atoms with Crippen molar-refractivity contribution in [3.05, 3.63) is 65.7 Å². The lowest BCUT2D eigenvalue weighted by atomic mass is 9.89. The Balaban J connectivity index is 1.25. The van der Waals surface area contributed by atoms with E-state index in [0.717, 1.165) is 37.3 Å². The molecular formula is C23H28N4O2S. The van der Waals surface area contributed by atoms with Crippen LogP contribution in [-0.4, -0.2) is 47.1 Å². The first-order chi connectivity index (χ1) is 14.6. The van der Waals surface area contributed by atoms with Crippen LogP contribution in [0.15, 0.2) is 54.6 Å². The van der Waals surface area contributed by atoms with Crippen LogP contribution in [0.2, 0.25) is 0 Å². The molecule has 2 amide bonds. The lowest BCUT2D eigenvalue weighted by Crippen LogP contribution is -2.64. The van der Waals surface area contributed by atoms with E-state index in [0.29, 0.717) is 0 Å². The second kappa shape index (κ2) is 9.64. The number of nitrogens with one attached hydrogen (secondary N) is 3. The molecule has 0 radical (unpaired) electrons. The third-order valence-electron chi connectivity index (χ3n) is 5.60. The van der Waals surface area contributed by atoms with Crippen molar-refractivity contribution in [2.75, 3.05) is 24.2 Å². The number of likely N-dealkylation sites (tertiary alicyclic amines) is 1. The molecule has 30 heavy (non-hydrogen) atoms. The molecule has 6 nitrogen and oxygen atoms in total. The fourth-order valence-electron chi connectivity index (χ4n) is 4.11. The van der Waals surface area contributed by atoms with Crippen LogP contribution in [0.4, 0.5) is 5.69 Å². The second-order valence-electron chi connectivity index (χ2n) is 8.01. The summed E-state index contributed by atoms with van der Waals surface area (Å²) in [7, 11) is 0. The molecule has 0 bridgehead atoms. The van der Waals surface area contributed by atoms with Gasteiger partial charge < -0.3 is 10.6 Å². The van der Waals surface area contributed by atoms with Crippen LogP contribution >= 0.6 is 11.8 Å². The van der Waals surface area contributed by atoms with Crippen molar-refractivity contribution in [1.29, 1.82) is 0 Å². The standard InChI is InChI=1S/C23H28N4O2S/c1-16-6-5-9-18(12-16)24-21(28)15-30-23-25-20-10-11-27(14-19(20)22(29)26-23)13-17-7-3-2-4-8-17/h2-9,12,19-20,23,25H,10-11,13-15H2,1H3,(H,24,28)(H,26,29). The van der Waals surface area contributed by atoms with Crippen LogP contribution in [0.3, 0.4) is 0 Å². The SMILES string of the molecule is Cc1cccc(NC(=O)CSC2NC(=O)C3CN(Cc4ccccc4)CCC3N2)c1. The summed E-state index contributed by atoms with van der Waals surface area (Å²) in [6, 6.07) is 18.3. The first kappa shape index (κ1) is 20.9. The Morgan fingerprint density at radius 2 is 2.03 bits per heavy atom. The van der Waals surface area contributed by atoms with Crippen molar-refractivity contribution in [3.63, 3.8) is 0 Å². The van der Waals surface area contributed by atoms with Gasteiger partial charge in [0.25, 0.3) is 0 Å². The highest BCUT2D eigenvalue weighted by atomic mass is 32.2. The van der Waals surface area contributed by atoms with Crippen LogP contribution in [-0.2, 0) is 16.1 Å². The van der Waals surface area contributed by atoms with Gasteiger partial charge in [-0.2, -0.15) is 0 Å².